The van der Waals surface area contributed by atoms with Crippen molar-refractivity contribution in [2.24, 2.45) is 5.14 Å². The Morgan fingerprint density at radius 2 is 1.76 bits per heavy atom. The molecule has 1 heterocycles. The minimum absolute atomic E-state index is 0.0169. The van der Waals surface area contributed by atoms with Crippen molar-refractivity contribution in [3.05, 3.63) is 59.7 Å². The summed E-state index contributed by atoms with van der Waals surface area (Å²) in [6.07, 6.45) is 1.72. The number of fused-ring (bicyclic) bond motifs is 1. The molecule has 21 heavy (non-hydrogen) atoms. The highest BCUT2D eigenvalue weighted by Crippen LogP contribution is 2.34. The Kier molecular flexibility index (Phi) is 3.12. The van der Waals surface area contributed by atoms with E-state index >= 15 is 0 Å². The van der Waals surface area contributed by atoms with Gasteiger partial charge in [-0.05, 0) is 29.8 Å². The lowest BCUT2D eigenvalue weighted by Gasteiger charge is -2.02. The smallest absolute Gasteiger partial charge is 0.256 e. The molecule has 0 radical (unpaired) electrons. The van der Waals surface area contributed by atoms with Crippen molar-refractivity contribution in [1.82, 2.24) is 0 Å². The zero-order valence-electron chi connectivity index (χ0n) is 10.9. The van der Waals surface area contributed by atoms with Crippen LogP contribution in [0, 0.1) is 0 Å². The molecule has 6 heteroatoms. The minimum Gasteiger partial charge on any atom is -0.321 e. The van der Waals surface area contributed by atoms with Crippen LogP contribution in [-0.2, 0) is 14.8 Å². The van der Waals surface area contributed by atoms with Gasteiger partial charge in [-0.2, -0.15) is 0 Å². The molecule has 1 aliphatic rings. The van der Waals surface area contributed by atoms with E-state index in [9.17, 15) is 13.2 Å². The van der Waals surface area contributed by atoms with Crippen molar-refractivity contribution in [3.8, 4) is 0 Å². The maximum absolute atomic E-state index is 12.0. The fourth-order valence-corrected chi connectivity index (χ4v) is 2.74. The van der Waals surface area contributed by atoms with Crippen LogP contribution in [0.1, 0.15) is 11.1 Å². The molecule has 3 rings (SSSR count). The Hall–Kier alpha value is -2.44. The lowest BCUT2D eigenvalue weighted by Crippen LogP contribution is -2.12. The van der Waals surface area contributed by atoms with E-state index in [2.05, 4.69) is 5.32 Å². The molecular weight excluding hydrogens is 288 g/mol. The molecule has 0 unspecified atom stereocenters. The summed E-state index contributed by atoms with van der Waals surface area (Å²) in [5.41, 5.74) is 2.39. The Morgan fingerprint density at radius 1 is 1.05 bits per heavy atom. The largest absolute Gasteiger partial charge is 0.321 e. The molecule has 1 amide bonds. The normalized spacial score (nSPS) is 15.9. The molecule has 0 bridgehead atoms. The topological polar surface area (TPSA) is 89.3 Å². The van der Waals surface area contributed by atoms with Crippen LogP contribution in [0.25, 0.3) is 11.6 Å². The summed E-state index contributed by atoms with van der Waals surface area (Å²) >= 11 is 0. The lowest BCUT2D eigenvalue weighted by molar-refractivity contribution is -0.110. The maximum Gasteiger partial charge on any atom is 0.256 e. The molecule has 2 aromatic rings. The standard InChI is InChI=1S/C15H12N2O3S/c16-21(19,20)11-6-7-14-12(9-11)13(15(18)17-14)8-10-4-2-1-3-5-10/h1-9H,(H,17,18)(H2,16,19,20)/b13-8+. The molecule has 0 saturated heterocycles. The SMILES string of the molecule is NS(=O)(=O)c1ccc2c(c1)/C(=C\c1ccccc1)C(=O)N2. The summed E-state index contributed by atoms with van der Waals surface area (Å²) < 4.78 is 22.9. The highest BCUT2D eigenvalue weighted by molar-refractivity contribution is 7.89. The Labute approximate surface area is 122 Å². The zero-order chi connectivity index (χ0) is 15.0. The first-order valence-electron chi connectivity index (χ1n) is 6.20. The van der Waals surface area contributed by atoms with E-state index in [0.29, 0.717) is 16.8 Å². The van der Waals surface area contributed by atoms with E-state index in [4.69, 9.17) is 5.14 Å². The quantitative estimate of drug-likeness (QED) is 0.829. The van der Waals surface area contributed by atoms with E-state index in [0.717, 1.165) is 5.56 Å². The second-order valence-electron chi connectivity index (χ2n) is 4.68. The number of nitrogens with two attached hydrogens (primary N) is 1. The summed E-state index contributed by atoms with van der Waals surface area (Å²) in [6, 6.07) is 13.7. The van der Waals surface area contributed by atoms with Gasteiger partial charge in [-0.15, -0.1) is 0 Å². The van der Waals surface area contributed by atoms with Crippen LogP contribution in [-0.4, -0.2) is 14.3 Å². The average molecular weight is 300 g/mol. The van der Waals surface area contributed by atoms with Crippen molar-refractivity contribution in [3.63, 3.8) is 0 Å². The van der Waals surface area contributed by atoms with Crippen molar-refractivity contribution in [2.45, 2.75) is 4.90 Å². The molecule has 2 aromatic carbocycles. The molecule has 0 aliphatic carbocycles. The number of primary sulfonamides is 1. The summed E-state index contributed by atoms with van der Waals surface area (Å²) in [5, 5.41) is 7.83. The van der Waals surface area contributed by atoms with Gasteiger partial charge in [0.15, 0.2) is 0 Å². The summed E-state index contributed by atoms with van der Waals surface area (Å²) in [5.74, 6) is -0.263. The number of carbonyl (C=O) groups excluding carboxylic acids is 1. The molecule has 3 N–H and O–H groups in total. The van der Waals surface area contributed by atoms with Gasteiger partial charge in [-0.25, -0.2) is 13.6 Å². The van der Waals surface area contributed by atoms with E-state index in [1.54, 1.807) is 12.1 Å². The van der Waals surface area contributed by atoms with E-state index in [1.807, 2.05) is 30.3 Å². The Bertz CT molecular complexity index is 856. The molecule has 0 fully saturated rings. The predicted molar refractivity (Wildman–Crippen MR) is 80.8 cm³/mol. The second-order valence-corrected chi connectivity index (χ2v) is 6.24. The third-order valence-corrected chi connectivity index (χ3v) is 4.12. The molecule has 106 valence electrons. The number of nitrogens with one attached hydrogen (secondary N) is 1. The number of carbonyl (C=O) groups is 1. The zero-order valence-corrected chi connectivity index (χ0v) is 11.7. The first-order valence-corrected chi connectivity index (χ1v) is 7.75. The number of hydrogen-bond donors (Lipinski definition) is 2. The third-order valence-electron chi connectivity index (χ3n) is 3.21. The van der Waals surface area contributed by atoms with Gasteiger partial charge in [0.05, 0.1) is 4.90 Å². The van der Waals surface area contributed by atoms with Gasteiger partial charge < -0.3 is 5.32 Å². The first-order chi connectivity index (χ1) is 9.95. The van der Waals surface area contributed by atoms with Crippen molar-refractivity contribution in [1.29, 1.82) is 0 Å². The third kappa shape index (κ3) is 2.58. The fourth-order valence-electron chi connectivity index (χ4n) is 2.20. The number of benzene rings is 2. The van der Waals surface area contributed by atoms with Crippen LogP contribution in [0.5, 0.6) is 0 Å². The van der Waals surface area contributed by atoms with Crippen LogP contribution in [0.15, 0.2) is 53.4 Å². The van der Waals surface area contributed by atoms with Crippen molar-refractivity contribution in [2.75, 3.05) is 5.32 Å². The second kappa shape index (κ2) is 4.83. The van der Waals surface area contributed by atoms with Crippen LogP contribution >= 0.6 is 0 Å². The first kappa shape index (κ1) is 13.5. The summed E-state index contributed by atoms with van der Waals surface area (Å²) in [6.45, 7) is 0. The van der Waals surface area contributed by atoms with Crippen LogP contribution in [0.3, 0.4) is 0 Å². The molecule has 5 nitrogen and oxygen atoms in total. The van der Waals surface area contributed by atoms with E-state index in [1.165, 1.54) is 12.1 Å². The van der Waals surface area contributed by atoms with Crippen LogP contribution < -0.4 is 10.5 Å². The van der Waals surface area contributed by atoms with E-state index < -0.39 is 10.0 Å². The number of sulfonamides is 1. The monoisotopic (exact) mass is 300 g/mol. The van der Waals surface area contributed by atoms with Gasteiger partial charge in [0.1, 0.15) is 0 Å². The maximum atomic E-state index is 12.0. The van der Waals surface area contributed by atoms with Gasteiger partial charge in [-0.1, -0.05) is 30.3 Å². The number of rotatable bonds is 2. The van der Waals surface area contributed by atoms with Crippen molar-refractivity contribution >= 4 is 33.3 Å². The number of anilines is 1. The molecule has 1 aliphatic heterocycles. The molecule has 0 spiro atoms. The number of amides is 1. The molecule has 0 saturated carbocycles. The number of hydrogen-bond acceptors (Lipinski definition) is 3. The summed E-state index contributed by atoms with van der Waals surface area (Å²) in [7, 11) is -3.80. The van der Waals surface area contributed by atoms with E-state index in [-0.39, 0.29) is 10.8 Å². The highest BCUT2D eigenvalue weighted by Gasteiger charge is 2.25. The molecule has 0 aromatic heterocycles. The van der Waals surface area contributed by atoms with Gasteiger partial charge in [-0.3, -0.25) is 4.79 Å². The average Bonchev–Trinajstić information content (AvgIpc) is 2.75. The Balaban J connectivity index is 2.15. The van der Waals surface area contributed by atoms with Gasteiger partial charge in [0, 0.05) is 16.8 Å². The Morgan fingerprint density at radius 3 is 2.43 bits per heavy atom. The minimum atomic E-state index is -3.80. The molecular formula is C15H12N2O3S. The lowest BCUT2D eigenvalue weighted by atomic mass is 10.0. The highest BCUT2D eigenvalue weighted by atomic mass is 32.2. The van der Waals surface area contributed by atoms with Gasteiger partial charge >= 0.3 is 0 Å². The summed E-state index contributed by atoms with van der Waals surface area (Å²) in [4.78, 5) is 12.0. The van der Waals surface area contributed by atoms with Crippen molar-refractivity contribution < 1.29 is 13.2 Å². The predicted octanol–water partition coefficient (Wildman–Crippen LogP) is 1.83. The fraction of sp³-hybridized carbons (Fsp3) is 0. The van der Waals surface area contributed by atoms with Crippen LogP contribution in [0.2, 0.25) is 0 Å². The van der Waals surface area contributed by atoms with Gasteiger partial charge in [0.2, 0.25) is 10.0 Å². The van der Waals surface area contributed by atoms with Crippen LogP contribution in [0.4, 0.5) is 5.69 Å². The molecule has 0 atom stereocenters. The van der Waals surface area contributed by atoms with Gasteiger partial charge in [0.25, 0.3) is 5.91 Å².